The molecule has 47 heavy (non-hydrogen) atoms. The lowest BCUT2D eigenvalue weighted by Gasteiger charge is -2.65. The number of methoxy groups -OCH3 is 1. The highest BCUT2D eigenvalue weighted by atomic mass is 16.8. The fourth-order valence-electron chi connectivity index (χ4n) is 11.3. The van der Waals surface area contributed by atoms with Gasteiger partial charge < -0.3 is 43.4 Å². The van der Waals surface area contributed by atoms with Crippen LogP contribution in [0.3, 0.4) is 0 Å². The Labute approximate surface area is 276 Å². The molecule has 1 aromatic rings. The molecule has 3 aliphatic heterocycles. The maximum atomic E-state index is 13.2. The van der Waals surface area contributed by atoms with Crippen LogP contribution in [0, 0.1) is 28.6 Å². The second-order valence-corrected chi connectivity index (χ2v) is 15.6. The standard InChI is InChI=1S/C37H48O10/c1-21-32-29(46-33(47-32)22-4-6-24(42-3)7-5-22)17-31(44-21)45-25-8-13-35(20-38)27-9-12-34(2)26(23-16-30(39)43-19-23)11-15-37(34,41)28(27)10-14-36(35,40)18-25/h4-7,16,20-21,25-29,31-33,40-41H,8-15,17-19H2,1-3H3/t21?,25?,26-,27?,28?,29?,31?,32?,33?,34+,35-,36?,37?/m0/s1. The molecule has 256 valence electrons. The lowest BCUT2D eigenvalue weighted by atomic mass is 9.41. The molecule has 0 bridgehead atoms. The Morgan fingerprint density at radius 1 is 0.957 bits per heavy atom. The second kappa shape index (κ2) is 11.4. The molecule has 4 saturated carbocycles. The number of benzene rings is 1. The van der Waals surface area contributed by atoms with Crippen LogP contribution in [0.15, 0.2) is 35.9 Å². The van der Waals surface area contributed by atoms with Crippen molar-refractivity contribution in [2.45, 2.75) is 126 Å². The van der Waals surface area contributed by atoms with Crippen molar-refractivity contribution in [1.82, 2.24) is 0 Å². The van der Waals surface area contributed by atoms with Crippen LogP contribution in [0.2, 0.25) is 0 Å². The zero-order valence-corrected chi connectivity index (χ0v) is 27.6. The Hall–Kier alpha value is -2.34. The largest absolute Gasteiger partial charge is 0.497 e. The van der Waals surface area contributed by atoms with E-state index in [1.54, 1.807) is 13.2 Å². The van der Waals surface area contributed by atoms with E-state index >= 15 is 0 Å². The van der Waals surface area contributed by atoms with Crippen LogP contribution >= 0.6 is 0 Å². The first kappa shape index (κ1) is 31.9. The zero-order chi connectivity index (χ0) is 32.8. The number of esters is 1. The topological polar surface area (TPSA) is 130 Å². The molecule has 7 aliphatic rings. The van der Waals surface area contributed by atoms with Crippen molar-refractivity contribution in [1.29, 1.82) is 0 Å². The van der Waals surface area contributed by atoms with Gasteiger partial charge in [0.1, 0.15) is 24.7 Å². The minimum atomic E-state index is -1.22. The fourth-order valence-corrected chi connectivity index (χ4v) is 11.3. The molecule has 13 atom stereocenters. The Balaban J connectivity index is 0.948. The minimum absolute atomic E-state index is 0.0789. The summed E-state index contributed by atoms with van der Waals surface area (Å²) in [4.78, 5) is 25.1. The molecular formula is C37H48O10. The fraction of sp³-hybridized carbons (Fsp3) is 0.730. The number of fused-ring (bicyclic) bond motifs is 6. The summed E-state index contributed by atoms with van der Waals surface area (Å²) in [7, 11) is 1.64. The van der Waals surface area contributed by atoms with Gasteiger partial charge in [-0.3, -0.25) is 0 Å². The van der Waals surface area contributed by atoms with E-state index in [1.165, 1.54) is 0 Å². The van der Waals surface area contributed by atoms with Crippen molar-refractivity contribution < 1.29 is 48.2 Å². The number of aliphatic hydroxyl groups is 2. The molecule has 10 unspecified atom stereocenters. The Morgan fingerprint density at radius 2 is 1.74 bits per heavy atom. The van der Waals surface area contributed by atoms with Crippen LogP contribution in [-0.4, -0.2) is 78.1 Å². The quantitative estimate of drug-likeness (QED) is 0.257. The van der Waals surface area contributed by atoms with Crippen LogP contribution < -0.4 is 4.74 Å². The first-order valence-corrected chi connectivity index (χ1v) is 17.6. The Bertz CT molecular complexity index is 1430. The summed E-state index contributed by atoms with van der Waals surface area (Å²) in [5.74, 6) is 0.342. The predicted octanol–water partition coefficient (Wildman–Crippen LogP) is 4.55. The number of ether oxygens (including phenoxy) is 6. The second-order valence-electron chi connectivity index (χ2n) is 15.6. The molecule has 8 rings (SSSR count). The molecule has 2 N–H and O–H groups in total. The lowest BCUT2D eigenvalue weighted by Crippen LogP contribution is -2.69. The van der Waals surface area contributed by atoms with Crippen LogP contribution in [0.1, 0.15) is 89.9 Å². The van der Waals surface area contributed by atoms with E-state index in [1.807, 2.05) is 31.2 Å². The maximum absolute atomic E-state index is 13.2. The average Bonchev–Trinajstić information content (AvgIpc) is 3.76. The molecule has 6 fully saturated rings. The summed E-state index contributed by atoms with van der Waals surface area (Å²) >= 11 is 0. The summed E-state index contributed by atoms with van der Waals surface area (Å²) in [6.07, 6.45) is 6.74. The minimum Gasteiger partial charge on any atom is -0.497 e. The van der Waals surface area contributed by atoms with Gasteiger partial charge in [-0.05, 0) is 93.7 Å². The van der Waals surface area contributed by atoms with E-state index < -0.39 is 34.6 Å². The maximum Gasteiger partial charge on any atom is 0.331 e. The van der Waals surface area contributed by atoms with Gasteiger partial charge in [-0.1, -0.05) is 19.1 Å². The first-order chi connectivity index (χ1) is 22.5. The van der Waals surface area contributed by atoms with E-state index in [9.17, 15) is 19.8 Å². The average molecular weight is 653 g/mol. The summed E-state index contributed by atoms with van der Waals surface area (Å²) in [6, 6.07) is 7.66. The predicted molar refractivity (Wildman–Crippen MR) is 167 cm³/mol. The summed E-state index contributed by atoms with van der Waals surface area (Å²) in [5.41, 5.74) is -1.62. The molecular weight excluding hydrogens is 604 g/mol. The summed E-state index contributed by atoms with van der Waals surface area (Å²) in [5, 5.41) is 24.9. The van der Waals surface area contributed by atoms with Gasteiger partial charge in [0.25, 0.3) is 0 Å². The van der Waals surface area contributed by atoms with E-state index in [0.717, 1.165) is 42.4 Å². The van der Waals surface area contributed by atoms with E-state index in [4.69, 9.17) is 28.4 Å². The molecule has 10 nitrogen and oxygen atoms in total. The number of carbonyl (C=O) groups excluding carboxylic acids is 2. The highest BCUT2D eigenvalue weighted by Gasteiger charge is 2.71. The Kier molecular flexibility index (Phi) is 7.70. The first-order valence-electron chi connectivity index (χ1n) is 17.6. The number of carbonyl (C=O) groups is 2. The third-order valence-electron chi connectivity index (χ3n) is 13.8. The molecule has 4 aliphatic carbocycles. The number of aldehydes is 1. The van der Waals surface area contributed by atoms with Gasteiger partial charge in [-0.2, -0.15) is 0 Å². The zero-order valence-electron chi connectivity index (χ0n) is 27.6. The Morgan fingerprint density at radius 3 is 2.47 bits per heavy atom. The molecule has 0 amide bonds. The monoisotopic (exact) mass is 652 g/mol. The molecule has 1 aromatic carbocycles. The molecule has 0 radical (unpaired) electrons. The van der Waals surface area contributed by atoms with E-state index in [2.05, 4.69) is 6.92 Å². The number of hydrogen-bond donors (Lipinski definition) is 2. The lowest BCUT2D eigenvalue weighted by molar-refractivity contribution is -0.278. The van der Waals surface area contributed by atoms with Crippen molar-refractivity contribution >= 4 is 12.3 Å². The van der Waals surface area contributed by atoms with Crippen molar-refractivity contribution in [2.24, 2.45) is 28.6 Å². The van der Waals surface area contributed by atoms with Crippen LogP contribution in [0.25, 0.3) is 0 Å². The number of rotatable bonds is 6. The molecule has 10 heteroatoms. The van der Waals surface area contributed by atoms with Crippen LogP contribution in [0.5, 0.6) is 5.75 Å². The smallest absolute Gasteiger partial charge is 0.331 e. The van der Waals surface area contributed by atoms with Crippen LogP contribution in [0.4, 0.5) is 0 Å². The van der Waals surface area contributed by atoms with Gasteiger partial charge in [-0.15, -0.1) is 0 Å². The number of hydrogen-bond acceptors (Lipinski definition) is 10. The van der Waals surface area contributed by atoms with Crippen molar-refractivity contribution in [3.63, 3.8) is 0 Å². The SMILES string of the molecule is COc1ccc(C2OC3CC(OC4CC[C@]5(C=O)C6CC[C@]7(C)[C@H](C8=CC(=O)OC8)CCC7(O)C6CCC5(O)C4)OC(C)C3O2)cc1. The van der Waals surface area contributed by atoms with Crippen molar-refractivity contribution in [3.8, 4) is 5.75 Å². The van der Waals surface area contributed by atoms with Crippen molar-refractivity contribution in [2.75, 3.05) is 13.7 Å². The van der Waals surface area contributed by atoms with Gasteiger partial charge in [0.05, 0.1) is 42.0 Å². The molecule has 3 heterocycles. The normalized spacial score (nSPS) is 48.8. The van der Waals surface area contributed by atoms with Gasteiger partial charge in [0.15, 0.2) is 12.6 Å². The van der Waals surface area contributed by atoms with Crippen LogP contribution in [-0.2, 0) is 33.3 Å². The number of cyclic esters (lactones) is 1. The summed E-state index contributed by atoms with van der Waals surface area (Å²) in [6.45, 7) is 4.44. The third kappa shape index (κ3) is 4.72. The highest BCUT2D eigenvalue weighted by molar-refractivity contribution is 5.85. The molecule has 2 saturated heterocycles. The highest BCUT2D eigenvalue weighted by Crippen LogP contribution is 2.70. The molecule has 0 spiro atoms. The van der Waals surface area contributed by atoms with E-state index in [-0.39, 0.29) is 48.1 Å². The van der Waals surface area contributed by atoms with Gasteiger partial charge in [-0.25, -0.2) is 4.79 Å². The summed E-state index contributed by atoms with van der Waals surface area (Å²) < 4.78 is 36.0. The third-order valence-corrected chi connectivity index (χ3v) is 13.8. The van der Waals surface area contributed by atoms with Crippen molar-refractivity contribution in [3.05, 3.63) is 41.5 Å². The van der Waals surface area contributed by atoms with E-state index in [0.29, 0.717) is 51.6 Å². The van der Waals surface area contributed by atoms with Gasteiger partial charge in [0.2, 0.25) is 0 Å². The molecule has 0 aromatic heterocycles. The van der Waals surface area contributed by atoms with Gasteiger partial charge in [0, 0.05) is 29.9 Å². The van der Waals surface area contributed by atoms with Gasteiger partial charge >= 0.3 is 5.97 Å².